The number of allylic oxidation sites excluding steroid dienone is 3. The monoisotopic (exact) mass is 196 g/mol. The Morgan fingerprint density at radius 2 is 2.00 bits per heavy atom. The van der Waals surface area contributed by atoms with Crippen LogP contribution < -0.4 is 10.6 Å². The van der Waals surface area contributed by atoms with Gasteiger partial charge >= 0.3 is 0 Å². The third-order valence-electron chi connectivity index (χ3n) is 1.53. The molecule has 1 amide bonds. The summed E-state index contributed by atoms with van der Waals surface area (Å²) in [4.78, 5) is 11.1. The van der Waals surface area contributed by atoms with E-state index in [-0.39, 0.29) is 5.91 Å². The number of nitrogens with one attached hydrogen (secondary N) is 2. The maximum atomic E-state index is 11.1. The Bertz CT molecular complexity index is 207. The van der Waals surface area contributed by atoms with Gasteiger partial charge in [0.25, 0.3) is 0 Å². The Labute approximate surface area is 86.3 Å². The molecule has 0 aliphatic carbocycles. The van der Waals surface area contributed by atoms with Gasteiger partial charge in [0, 0.05) is 25.2 Å². The van der Waals surface area contributed by atoms with E-state index in [1.807, 2.05) is 19.1 Å². The van der Waals surface area contributed by atoms with Crippen molar-refractivity contribution >= 4 is 5.91 Å². The third-order valence-corrected chi connectivity index (χ3v) is 1.53. The molecule has 0 unspecified atom stereocenters. The van der Waals surface area contributed by atoms with E-state index in [2.05, 4.69) is 24.5 Å². The molecule has 3 nitrogen and oxygen atoms in total. The second-order valence-corrected chi connectivity index (χ2v) is 3.28. The van der Waals surface area contributed by atoms with Gasteiger partial charge in [0.15, 0.2) is 0 Å². The fourth-order valence-corrected chi connectivity index (χ4v) is 0.860. The smallest absolute Gasteiger partial charge is 0.244 e. The molecule has 0 saturated carbocycles. The van der Waals surface area contributed by atoms with Crippen molar-refractivity contribution in [2.45, 2.75) is 26.8 Å². The molecular formula is C11H20N2O. The van der Waals surface area contributed by atoms with Crippen molar-refractivity contribution in [1.29, 1.82) is 0 Å². The van der Waals surface area contributed by atoms with Crippen molar-refractivity contribution in [2.24, 2.45) is 0 Å². The van der Waals surface area contributed by atoms with Gasteiger partial charge in [-0.3, -0.25) is 4.79 Å². The summed E-state index contributed by atoms with van der Waals surface area (Å²) in [7, 11) is 0. The Hall–Kier alpha value is -1.09. The number of hydrogen-bond acceptors (Lipinski definition) is 2. The van der Waals surface area contributed by atoms with Gasteiger partial charge < -0.3 is 10.6 Å². The van der Waals surface area contributed by atoms with Crippen LogP contribution in [0.4, 0.5) is 0 Å². The molecule has 14 heavy (non-hydrogen) atoms. The first kappa shape index (κ1) is 12.9. The van der Waals surface area contributed by atoms with Crippen molar-refractivity contribution in [3.05, 3.63) is 24.3 Å². The van der Waals surface area contributed by atoms with Crippen molar-refractivity contribution in [2.75, 3.05) is 13.1 Å². The highest BCUT2D eigenvalue weighted by Gasteiger charge is 1.94. The number of amides is 1. The van der Waals surface area contributed by atoms with Gasteiger partial charge in [-0.15, -0.1) is 0 Å². The summed E-state index contributed by atoms with van der Waals surface area (Å²) in [6.45, 7) is 7.54. The van der Waals surface area contributed by atoms with E-state index in [4.69, 9.17) is 0 Å². The van der Waals surface area contributed by atoms with E-state index in [0.717, 1.165) is 6.54 Å². The zero-order valence-electron chi connectivity index (χ0n) is 9.21. The van der Waals surface area contributed by atoms with Crippen LogP contribution in [0.2, 0.25) is 0 Å². The first-order valence-corrected chi connectivity index (χ1v) is 4.97. The van der Waals surface area contributed by atoms with Crippen LogP contribution in [-0.2, 0) is 4.79 Å². The maximum Gasteiger partial charge on any atom is 0.244 e. The lowest BCUT2D eigenvalue weighted by molar-refractivity contribution is -0.116. The minimum atomic E-state index is -0.0475. The first-order valence-electron chi connectivity index (χ1n) is 4.97. The van der Waals surface area contributed by atoms with Gasteiger partial charge in [0.05, 0.1) is 0 Å². The van der Waals surface area contributed by atoms with Crippen LogP contribution in [0.5, 0.6) is 0 Å². The second-order valence-electron chi connectivity index (χ2n) is 3.28. The molecule has 0 spiro atoms. The molecule has 0 fully saturated rings. The second kappa shape index (κ2) is 8.51. The molecule has 0 atom stereocenters. The molecule has 0 aromatic heterocycles. The van der Waals surface area contributed by atoms with E-state index in [1.165, 1.54) is 6.08 Å². The Morgan fingerprint density at radius 1 is 1.29 bits per heavy atom. The van der Waals surface area contributed by atoms with Gasteiger partial charge in [-0.1, -0.05) is 32.1 Å². The molecule has 0 heterocycles. The highest BCUT2D eigenvalue weighted by Crippen LogP contribution is 1.77. The van der Waals surface area contributed by atoms with E-state index < -0.39 is 0 Å². The van der Waals surface area contributed by atoms with Gasteiger partial charge in [-0.25, -0.2) is 0 Å². The van der Waals surface area contributed by atoms with E-state index in [9.17, 15) is 4.79 Å². The molecule has 0 bridgehead atoms. The number of hydrogen-bond donors (Lipinski definition) is 2. The molecular weight excluding hydrogens is 176 g/mol. The Kier molecular flexibility index (Phi) is 7.84. The zero-order valence-corrected chi connectivity index (χ0v) is 9.21. The molecule has 80 valence electrons. The standard InChI is InChI=1S/C11H20N2O/c1-4-5-6-7-11(14)13-9-8-12-10(2)3/h4-7,10,12H,8-9H2,1-3H3,(H,13,14). The van der Waals surface area contributed by atoms with Gasteiger partial charge in [0.2, 0.25) is 5.91 Å². The summed E-state index contributed by atoms with van der Waals surface area (Å²) in [5.41, 5.74) is 0. The quantitative estimate of drug-likeness (QED) is 0.381. The van der Waals surface area contributed by atoms with Crippen molar-refractivity contribution in [3.8, 4) is 0 Å². The van der Waals surface area contributed by atoms with Crippen LogP contribution in [0.3, 0.4) is 0 Å². The average molecular weight is 196 g/mol. The summed E-state index contributed by atoms with van der Waals surface area (Å²) in [5.74, 6) is -0.0475. The SMILES string of the molecule is CC=CC=CC(=O)NCCNC(C)C. The van der Waals surface area contributed by atoms with Crippen LogP contribution in [0, 0.1) is 0 Å². The topological polar surface area (TPSA) is 41.1 Å². The van der Waals surface area contributed by atoms with Crippen LogP contribution in [0.25, 0.3) is 0 Å². The summed E-state index contributed by atoms with van der Waals surface area (Å²) < 4.78 is 0. The van der Waals surface area contributed by atoms with Gasteiger partial charge in [-0.05, 0) is 6.92 Å². The fraction of sp³-hybridized carbons (Fsp3) is 0.545. The van der Waals surface area contributed by atoms with Gasteiger partial charge in [-0.2, -0.15) is 0 Å². The summed E-state index contributed by atoms with van der Waals surface area (Å²) in [6, 6.07) is 0.463. The predicted molar refractivity (Wildman–Crippen MR) is 60.1 cm³/mol. The van der Waals surface area contributed by atoms with Gasteiger partial charge in [0.1, 0.15) is 0 Å². The fourth-order valence-electron chi connectivity index (χ4n) is 0.860. The number of carbonyl (C=O) groups is 1. The highest BCUT2D eigenvalue weighted by atomic mass is 16.1. The average Bonchev–Trinajstić information content (AvgIpc) is 2.13. The van der Waals surface area contributed by atoms with Crippen LogP contribution in [0.1, 0.15) is 20.8 Å². The Balaban J connectivity index is 3.45. The Morgan fingerprint density at radius 3 is 2.57 bits per heavy atom. The molecule has 2 N–H and O–H groups in total. The molecule has 0 rings (SSSR count). The third kappa shape index (κ3) is 9.00. The lowest BCUT2D eigenvalue weighted by Crippen LogP contribution is -2.33. The minimum absolute atomic E-state index is 0.0475. The van der Waals surface area contributed by atoms with Crippen molar-refractivity contribution < 1.29 is 4.79 Å². The van der Waals surface area contributed by atoms with E-state index in [1.54, 1.807) is 6.08 Å². The molecule has 0 aromatic rings. The summed E-state index contributed by atoms with van der Waals surface area (Å²) in [6.07, 6.45) is 6.95. The van der Waals surface area contributed by atoms with Crippen molar-refractivity contribution in [1.82, 2.24) is 10.6 Å². The number of rotatable bonds is 6. The summed E-state index contributed by atoms with van der Waals surface area (Å²) in [5, 5.41) is 5.99. The molecule has 0 saturated heterocycles. The predicted octanol–water partition coefficient (Wildman–Crippen LogP) is 1.23. The zero-order chi connectivity index (χ0) is 10.8. The highest BCUT2D eigenvalue weighted by molar-refractivity contribution is 5.87. The van der Waals surface area contributed by atoms with Crippen LogP contribution in [0.15, 0.2) is 24.3 Å². The van der Waals surface area contributed by atoms with Crippen LogP contribution >= 0.6 is 0 Å². The minimum Gasteiger partial charge on any atom is -0.351 e. The maximum absolute atomic E-state index is 11.1. The normalized spacial score (nSPS) is 11.7. The molecule has 3 heteroatoms. The lowest BCUT2D eigenvalue weighted by atomic mass is 10.4. The molecule has 0 aliphatic heterocycles. The molecule has 0 aliphatic rings. The van der Waals surface area contributed by atoms with Crippen molar-refractivity contribution in [3.63, 3.8) is 0 Å². The lowest BCUT2D eigenvalue weighted by Gasteiger charge is -2.07. The van der Waals surface area contributed by atoms with E-state index >= 15 is 0 Å². The van der Waals surface area contributed by atoms with E-state index in [0.29, 0.717) is 12.6 Å². The summed E-state index contributed by atoms with van der Waals surface area (Å²) >= 11 is 0. The largest absolute Gasteiger partial charge is 0.351 e. The van der Waals surface area contributed by atoms with Crippen LogP contribution in [-0.4, -0.2) is 25.0 Å². The number of carbonyl (C=O) groups excluding carboxylic acids is 1. The first-order chi connectivity index (χ1) is 6.66. The molecule has 0 radical (unpaired) electrons. The molecule has 0 aromatic carbocycles.